The van der Waals surface area contributed by atoms with E-state index < -0.39 is 14.9 Å². The van der Waals surface area contributed by atoms with Crippen LogP contribution in [0, 0.1) is 10.1 Å². The zero-order valence-corrected chi connectivity index (χ0v) is 12.5. The van der Waals surface area contributed by atoms with Crippen molar-refractivity contribution in [3.05, 3.63) is 64.2 Å². The van der Waals surface area contributed by atoms with Crippen LogP contribution in [0.5, 0.6) is 5.75 Å². The van der Waals surface area contributed by atoms with Crippen LogP contribution in [0.2, 0.25) is 0 Å². The molecule has 7 nitrogen and oxygen atoms in total. The highest BCUT2D eigenvalue weighted by Crippen LogP contribution is 2.18. The van der Waals surface area contributed by atoms with E-state index in [-0.39, 0.29) is 17.1 Å². The average molecular weight is 322 g/mol. The van der Waals surface area contributed by atoms with Gasteiger partial charge in [-0.05, 0) is 23.8 Å². The van der Waals surface area contributed by atoms with Gasteiger partial charge in [0, 0.05) is 18.7 Å². The second kappa shape index (κ2) is 6.54. The zero-order chi connectivity index (χ0) is 16.2. The molecule has 0 heterocycles. The van der Waals surface area contributed by atoms with Gasteiger partial charge in [-0.1, -0.05) is 18.2 Å². The summed E-state index contributed by atoms with van der Waals surface area (Å²) in [6.45, 7) is 0.0578. The molecule has 0 radical (unpaired) electrons. The molecular weight excluding hydrogens is 308 g/mol. The molecule has 0 aliphatic rings. The minimum atomic E-state index is -3.83. The van der Waals surface area contributed by atoms with Crippen molar-refractivity contribution < 1.29 is 18.1 Å². The van der Waals surface area contributed by atoms with Crippen molar-refractivity contribution in [2.75, 3.05) is 7.11 Å². The molecule has 0 saturated heterocycles. The van der Waals surface area contributed by atoms with Gasteiger partial charge in [0.25, 0.3) is 5.69 Å². The quantitative estimate of drug-likeness (QED) is 0.648. The summed E-state index contributed by atoms with van der Waals surface area (Å²) in [7, 11) is -2.31. The molecular formula is C14H14N2O5S. The minimum absolute atomic E-state index is 0.0578. The van der Waals surface area contributed by atoms with E-state index in [0.717, 1.165) is 6.07 Å². The Kier molecular flexibility index (Phi) is 4.74. The molecule has 0 amide bonds. The molecule has 2 aromatic rings. The van der Waals surface area contributed by atoms with E-state index in [9.17, 15) is 18.5 Å². The number of rotatable bonds is 6. The van der Waals surface area contributed by atoms with Crippen LogP contribution in [0.25, 0.3) is 0 Å². The van der Waals surface area contributed by atoms with Crippen LogP contribution in [-0.2, 0) is 16.6 Å². The Morgan fingerprint density at radius 3 is 2.59 bits per heavy atom. The Labute approximate surface area is 127 Å². The van der Waals surface area contributed by atoms with E-state index in [0.29, 0.717) is 11.3 Å². The fourth-order valence-corrected chi connectivity index (χ4v) is 2.87. The molecule has 22 heavy (non-hydrogen) atoms. The number of nitrogens with zero attached hydrogens (tertiary/aromatic N) is 1. The number of non-ortho nitro benzene ring substituents is 1. The third-order valence-electron chi connectivity index (χ3n) is 2.94. The van der Waals surface area contributed by atoms with Crippen molar-refractivity contribution in [1.82, 2.24) is 4.72 Å². The Bertz CT molecular complexity index is 789. The van der Waals surface area contributed by atoms with Gasteiger partial charge in [0.2, 0.25) is 10.0 Å². The lowest BCUT2D eigenvalue weighted by atomic mass is 10.2. The molecule has 0 bridgehead atoms. The van der Waals surface area contributed by atoms with Crippen molar-refractivity contribution in [2.45, 2.75) is 11.4 Å². The fourth-order valence-electron chi connectivity index (χ4n) is 1.81. The van der Waals surface area contributed by atoms with Crippen LogP contribution in [0.1, 0.15) is 5.56 Å². The molecule has 2 aromatic carbocycles. The van der Waals surface area contributed by atoms with Gasteiger partial charge < -0.3 is 4.74 Å². The average Bonchev–Trinajstić information content (AvgIpc) is 2.53. The highest BCUT2D eigenvalue weighted by molar-refractivity contribution is 7.89. The van der Waals surface area contributed by atoms with E-state index in [1.807, 2.05) is 0 Å². The molecule has 116 valence electrons. The minimum Gasteiger partial charge on any atom is -0.497 e. The highest BCUT2D eigenvalue weighted by Gasteiger charge is 2.17. The fraction of sp³-hybridized carbons (Fsp3) is 0.143. The summed E-state index contributed by atoms with van der Waals surface area (Å²) in [5.74, 6) is 0.618. The van der Waals surface area contributed by atoms with Crippen LogP contribution in [0.3, 0.4) is 0 Å². The van der Waals surface area contributed by atoms with Gasteiger partial charge in [-0.25, -0.2) is 13.1 Å². The third-order valence-corrected chi connectivity index (χ3v) is 4.34. The number of ether oxygens (including phenoxy) is 1. The van der Waals surface area contributed by atoms with Gasteiger partial charge in [0.1, 0.15) is 5.75 Å². The van der Waals surface area contributed by atoms with Crippen LogP contribution >= 0.6 is 0 Å². The van der Waals surface area contributed by atoms with E-state index in [1.54, 1.807) is 24.3 Å². The van der Waals surface area contributed by atoms with Gasteiger partial charge in [-0.2, -0.15) is 0 Å². The van der Waals surface area contributed by atoms with Crippen LogP contribution in [0.4, 0.5) is 5.69 Å². The lowest BCUT2D eigenvalue weighted by molar-refractivity contribution is -0.385. The maximum atomic E-state index is 12.2. The number of hydrogen-bond donors (Lipinski definition) is 1. The maximum absolute atomic E-state index is 12.2. The first kappa shape index (κ1) is 15.9. The lowest BCUT2D eigenvalue weighted by Gasteiger charge is -2.08. The number of nitro groups is 1. The largest absolute Gasteiger partial charge is 0.497 e. The molecule has 0 unspecified atom stereocenters. The molecule has 0 atom stereocenters. The summed E-state index contributed by atoms with van der Waals surface area (Å²) in [6.07, 6.45) is 0. The molecule has 0 saturated carbocycles. The van der Waals surface area contributed by atoms with E-state index >= 15 is 0 Å². The molecule has 0 aromatic heterocycles. The topological polar surface area (TPSA) is 98.5 Å². The summed E-state index contributed by atoms with van der Waals surface area (Å²) in [4.78, 5) is 9.92. The number of nitrogens with one attached hydrogen (secondary N) is 1. The predicted octanol–water partition coefficient (Wildman–Crippen LogP) is 2.08. The molecule has 2 rings (SSSR count). The Balaban J connectivity index is 2.17. The highest BCUT2D eigenvalue weighted by atomic mass is 32.2. The third kappa shape index (κ3) is 3.80. The van der Waals surface area contributed by atoms with Crippen LogP contribution < -0.4 is 9.46 Å². The second-order valence-electron chi connectivity index (χ2n) is 4.43. The summed E-state index contributed by atoms with van der Waals surface area (Å²) < 4.78 is 31.8. The van der Waals surface area contributed by atoms with Gasteiger partial charge in [0.05, 0.1) is 16.9 Å². The summed E-state index contributed by atoms with van der Waals surface area (Å²) in [5.41, 5.74) is 0.442. The first-order chi connectivity index (χ1) is 10.4. The summed E-state index contributed by atoms with van der Waals surface area (Å²) >= 11 is 0. The number of nitro benzene ring substituents is 1. The number of hydrogen-bond acceptors (Lipinski definition) is 5. The monoisotopic (exact) mass is 322 g/mol. The Hall–Kier alpha value is -2.45. The molecule has 8 heteroatoms. The number of benzene rings is 2. The van der Waals surface area contributed by atoms with E-state index in [4.69, 9.17) is 4.74 Å². The number of sulfonamides is 1. The van der Waals surface area contributed by atoms with Gasteiger partial charge in [0.15, 0.2) is 0 Å². The lowest BCUT2D eigenvalue weighted by Crippen LogP contribution is -2.23. The number of methoxy groups -OCH3 is 1. The zero-order valence-electron chi connectivity index (χ0n) is 11.7. The van der Waals surface area contributed by atoms with Crippen molar-refractivity contribution in [2.24, 2.45) is 0 Å². The first-order valence-electron chi connectivity index (χ1n) is 6.29. The normalized spacial score (nSPS) is 11.1. The van der Waals surface area contributed by atoms with E-state index in [1.165, 1.54) is 25.3 Å². The Morgan fingerprint density at radius 2 is 1.91 bits per heavy atom. The molecule has 0 fully saturated rings. The van der Waals surface area contributed by atoms with Crippen molar-refractivity contribution in [3.63, 3.8) is 0 Å². The first-order valence-corrected chi connectivity index (χ1v) is 7.78. The molecule has 0 aliphatic carbocycles. The van der Waals surface area contributed by atoms with Gasteiger partial charge in [-0.15, -0.1) is 0 Å². The molecule has 0 spiro atoms. The smallest absolute Gasteiger partial charge is 0.270 e. The van der Waals surface area contributed by atoms with Crippen LogP contribution in [-0.4, -0.2) is 20.5 Å². The predicted molar refractivity (Wildman–Crippen MR) is 80.1 cm³/mol. The van der Waals surface area contributed by atoms with Crippen molar-refractivity contribution in [1.29, 1.82) is 0 Å². The molecule has 1 N–H and O–H groups in total. The van der Waals surface area contributed by atoms with Crippen molar-refractivity contribution in [3.8, 4) is 5.75 Å². The summed E-state index contributed by atoms with van der Waals surface area (Å²) in [6, 6.07) is 11.8. The van der Waals surface area contributed by atoms with Gasteiger partial charge in [-0.3, -0.25) is 10.1 Å². The van der Waals surface area contributed by atoms with Crippen LogP contribution in [0.15, 0.2) is 53.4 Å². The SMILES string of the molecule is COc1cccc(CNS(=O)(=O)c2cccc([N+](=O)[O-])c2)c1. The summed E-state index contributed by atoms with van der Waals surface area (Å²) in [5, 5.41) is 10.7. The van der Waals surface area contributed by atoms with Crippen molar-refractivity contribution >= 4 is 15.7 Å². The second-order valence-corrected chi connectivity index (χ2v) is 6.20. The standard InChI is InChI=1S/C14H14N2O5S/c1-21-13-6-2-4-11(8-13)10-15-22(19,20)14-7-3-5-12(9-14)16(17)18/h2-9,15H,10H2,1H3. The van der Waals surface area contributed by atoms with E-state index in [2.05, 4.69) is 4.72 Å². The van der Waals surface area contributed by atoms with Gasteiger partial charge >= 0.3 is 0 Å². The molecule has 0 aliphatic heterocycles. The maximum Gasteiger partial charge on any atom is 0.270 e. The Morgan fingerprint density at radius 1 is 1.18 bits per heavy atom.